The number of morpholine rings is 1. The maximum absolute atomic E-state index is 13.0. The van der Waals surface area contributed by atoms with Crippen molar-refractivity contribution in [3.8, 4) is 10.6 Å². The highest BCUT2D eigenvalue weighted by Gasteiger charge is 2.21. The van der Waals surface area contributed by atoms with Crippen LogP contribution in [0.15, 0.2) is 34.3 Å². The summed E-state index contributed by atoms with van der Waals surface area (Å²) in [6.45, 7) is 2.90. The Morgan fingerprint density at radius 1 is 1.28 bits per heavy atom. The van der Waals surface area contributed by atoms with Crippen LogP contribution in [0.2, 0.25) is 0 Å². The van der Waals surface area contributed by atoms with Gasteiger partial charge in [-0.2, -0.15) is 10.1 Å². The highest BCUT2D eigenvalue weighted by atomic mass is 32.1. The van der Waals surface area contributed by atoms with Crippen molar-refractivity contribution in [3.05, 3.63) is 35.6 Å². The summed E-state index contributed by atoms with van der Waals surface area (Å²) in [5, 5.41) is 24.0. The van der Waals surface area contributed by atoms with Gasteiger partial charge in [-0.1, -0.05) is 0 Å². The van der Waals surface area contributed by atoms with Crippen LogP contribution in [0.3, 0.4) is 0 Å². The highest BCUT2D eigenvalue weighted by Crippen LogP contribution is 2.34. The van der Waals surface area contributed by atoms with E-state index in [4.69, 9.17) is 14.3 Å². The molecule has 0 aliphatic carbocycles. The second-order valence-corrected chi connectivity index (χ2v) is 7.94. The summed E-state index contributed by atoms with van der Waals surface area (Å²) in [6.07, 6.45) is 3.40. The van der Waals surface area contributed by atoms with Gasteiger partial charge in [0.2, 0.25) is 0 Å². The summed E-state index contributed by atoms with van der Waals surface area (Å²) in [6, 6.07) is 3.97. The SMILES string of the molecule is O=C(Nc1cc2oc(NCCO)nc2cc1N1CCOCC1)c1csc(-c2cn[nH]c2)n1. The minimum Gasteiger partial charge on any atom is -0.423 e. The van der Waals surface area contributed by atoms with Gasteiger partial charge in [-0.05, 0) is 6.07 Å². The fourth-order valence-corrected chi connectivity index (χ4v) is 4.21. The quantitative estimate of drug-likeness (QED) is 0.330. The number of oxazole rings is 1. The minimum atomic E-state index is -0.317. The molecule has 1 aliphatic rings. The number of amides is 1. The van der Waals surface area contributed by atoms with E-state index in [2.05, 4.69) is 35.7 Å². The van der Waals surface area contributed by atoms with Crippen molar-refractivity contribution in [1.82, 2.24) is 20.2 Å². The Morgan fingerprint density at radius 2 is 2.16 bits per heavy atom. The molecule has 1 amide bonds. The van der Waals surface area contributed by atoms with Crippen molar-refractivity contribution in [2.45, 2.75) is 0 Å². The number of nitrogens with zero attached hydrogens (tertiary/aromatic N) is 4. The smallest absolute Gasteiger partial charge is 0.295 e. The van der Waals surface area contributed by atoms with E-state index in [1.807, 2.05) is 6.07 Å². The largest absolute Gasteiger partial charge is 0.423 e. The molecule has 0 atom stereocenters. The van der Waals surface area contributed by atoms with Crippen LogP contribution in [0.1, 0.15) is 10.5 Å². The minimum absolute atomic E-state index is 0.0342. The third kappa shape index (κ3) is 4.15. The molecule has 11 nitrogen and oxygen atoms in total. The molecular formula is C20H21N7O4S. The number of carbonyl (C=O) groups excluding carboxylic acids is 1. The maximum Gasteiger partial charge on any atom is 0.295 e. The maximum atomic E-state index is 13.0. The van der Waals surface area contributed by atoms with Gasteiger partial charge in [0, 0.05) is 42.8 Å². The molecule has 0 spiro atoms. The van der Waals surface area contributed by atoms with Gasteiger partial charge >= 0.3 is 0 Å². The van der Waals surface area contributed by atoms with Gasteiger partial charge in [0.25, 0.3) is 11.9 Å². The first-order chi connectivity index (χ1) is 15.7. The number of anilines is 3. The van der Waals surface area contributed by atoms with Gasteiger partial charge in [0.05, 0.1) is 37.4 Å². The number of aliphatic hydroxyl groups is 1. The Balaban J connectivity index is 1.45. The number of aromatic nitrogens is 4. The Kier molecular flexibility index (Phi) is 5.71. The van der Waals surface area contributed by atoms with Crippen LogP contribution >= 0.6 is 11.3 Å². The van der Waals surface area contributed by atoms with Crippen LogP contribution in [0.5, 0.6) is 0 Å². The van der Waals surface area contributed by atoms with Crippen molar-refractivity contribution in [2.24, 2.45) is 0 Å². The van der Waals surface area contributed by atoms with Crippen molar-refractivity contribution in [2.75, 3.05) is 55.0 Å². The number of rotatable bonds is 7. The predicted octanol–water partition coefficient (Wildman–Crippen LogP) is 2.17. The average Bonchev–Trinajstić information content (AvgIpc) is 3.57. The zero-order valence-electron chi connectivity index (χ0n) is 17.0. The molecule has 0 saturated carbocycles. The molecule has 166 valence electrons. The molecule has 32 heavy (non-hydrogen) atoms. The number of hydrogen-bond acceptors (Lipinski definition) is 10. The summed E-state index contributed by atoms with van der Waals surface area (Å²) < 4.78 is 11.2. The lowest BCUT2D eigenvalue weighted by molar-refractivity contribution is 0.102. The molecule has 1 saturated heterocycles. The molecular weight excluding hydrogens is 434 g/mol. The van der Waals surface area contributed by atoms with E-state index < -0.39 is 0 Å². The van der Waals surface area contributed by atoms with E-state index in [9.17, 15) is 4.79 Å². The van der Waals surface area contributed by atoms with Gasteiger partial charge < -0.3 is 29.8 Å². The number of hydrogen-bond donors (Lipinski definition) is 4. The van der Waals surface area contributed by atoms with Crippen LogP contribution in [-0.4, -0.2) is 70.6 Å². The van der Waals surface area contributed by atoms with E-state index in [0.717, 1.165) is 11.3 Å². The van der Waals surface area contributed by atoms with Gasteiger partial charge in [0.1, 0.15) is 16.2 Å². The van der Waals surface area contributed by atoms with Gasteiger partial charge in [0.15, 0.2) is 5.58 Å². The van der Waals surface area contributed by atoms with Crippen LogP contribution in [-0.2, 0) is 4.74 Å². The summed E-state index contributed by atoms with van der Waals surface area (Å²) in [7, 11) is 0. The Bertz CT molecular complexity index is 1210. The summed E-state index contributed by atoms with van der Waals surface area (Å²) in [4.78, 5) is 24.0. The molecule has 3 aromatic heterocycles. The van der Waals surface area contributed by atoms with E-state index in [1.54, 1.807) is 23.8 Å². The van der Waals surface area contributed by atoms with Gasteiger partial charge in [-0.25, -0.2) is 4.98 Å². The Hall–Kier alpha value is -3.48. The topological polar surface area (TPSA) is 141 Å². The molecule has 4 N–H and O–H groups in total. The normalized spacial score (nSPS) is 14.1. The third-order valence-corrected chi connectivity index (χ3v) is 5.87. The van der Waals surface area contributed by atoms with E-state index in [1.165, 1.54) is 11.3 Å². The fraction of sp³-hybridized carbons (Fsp3) is 0.300. The molecule has 0 bridgehead atoms. The Morgan fingerprint density at radius 3 is 2.94 bits per heavy atom. The number of fused-ring (bicyclic) bond motifs is 1. The Labute approximate surface area is 186 Å². The molecule has 1 fully saturated rings. The van der Waals surface area contributed by atoms with E-state index in [0.29, 0.717) is 66.4 Å². The number of aliphatic hydroxyl groups excluding tert-OH is 1. The lowest BCUT2D eigenvalue weighted by atomic mass is 10.2. The molecule has 1 aromatic carbocycles. The number of ether oxygens (including phenoxy) is 1. The first kappa shape index (κ1) is 20.4. The lowest BCUT2D eigenvalue weighted by Gasteiger charge is -2.30. The zero-order valence-corrected chi connectivity index (χ0v) is 17.8. The average molecular weight is 456 g/mol. The lowest BCUT2D eigenvalue weighted by Crippen LogP contribution is -2.36. The highest BCUT2D eigenvalue weighted by molar-refractivity contribution is 7.13. The number of benzene rings is 1. The summed E-state index contributed by atoms with van der Waals surface area (Å²) >= 11 is 1.38. The van der Waals surface area contributed by atoms with Crippen LogP contribution < -0.4 is 15.5 Å². The summed E-state index contributed by atoms with van der Waals surface area (Å²) in [5.74, 6) is -0.317. The molecule has 0 radical (unpaired) electrons. The number of H-pyrrole nitrogens is 1. The monoisotopic (exact) mass is 455 g/mol. The molecule has 5 rings (SSSR count). The number of aromatic amines is 1. The van der Waals surface area contributed by atoms with Crippen molar-refractivity contribution in [3.63, 3.8) is 0 Å². The number of nitrogens with one attached hydrogen (secondary N) is 3. The van der Waals surface area contributed by atoms with Gasteiger partial charge in [-0.15, -0.1) is 11.3 Å². The standard InChI is InChI=1S/C20H21N7O4S/c28-4-1-21-20-26-14-7-16(27-2-5-30-6-3-27)13(8-17(14)31-20)24-18(29)15-11-32-19(25-15)12-9-22-23-10-12/h7-11,28H,1-6H2,(H,21,26)(H,22,23)(H,24,29). The molecule has 4 heterocycles. The van der Waals surface area contributed by atoms with Crippen LogP contribution in [0.4, 0.5) is 17.4 Å². The molecule has 0 unspecified atom stereocenters. The second kappa shape index (κ2) is 8.94. The van der Waals surface area contributed by atoms with Crippen molar-refractivity contribution >= 4 is 45.7 Å². The first-order valence-corrected chi connectivity index (χ1v) is 11.0. The predicted molar refractivity (Wildman–Crippen MR) is 120 cm³/mol. The number of thiazole rings is 1. The second-order valence-electron chi connectivity index (χ2n) is 7.08. The molecule has 1 aliphatic heterocycles. The zero-order chi connectivity index (χ0) is 21.9. The van der Waals surface area contributed by atoms with Gasteiger partial charge in [-0.3, -0.25) is 9.89 Å². The molecule has 12 heteroatoms. The van der Waals surface area contributed by atoms with Crippen molar-refractivity contribution in [1.29, 1.82) is 0 Å². The summed E-state index contributed by atoms with van der Waals surface area (Å²) in [5.41, 5.74) is 3.76. The van der Waals surface area contributed by atoms with E-state index >= 15 is 0 Å². The number of carbonyl (C=O) groups is 1. The van der Waals surface area contributed by atoms with Crippen LogP contribution in [0, 0.1) is 0 Å². The first-order valence-electron chi connectivity index (χ1n) is 10.1. The third-order valence-electron chi connectivity index (χ3n) is 4.98. The van der Waals surface area contributed by atoms with E-state index in [-0.39, 0.29) is 12.5 Å². The molecule has 4 aromatic rings. The fourth-order valence-electron chi connectivity index (χ4n) is 3.43. The van der Waals surface area contributed by atoms with Crippen LogP contribution in [0.25, 0.3) is 21.7 Å². The van der Waals surface area contributed by atoms with Crippen molar-refractivity contribution < 1.29 is 19.1 Å².